The van der Waals surface area contributed by atoms with Gasteiger partial charge in [-0.2, -0.15) is 0 Å². The summed E-state index contributed by atoms with van der Waals surface area (Å²) in [5.74, 6) is 0.438. The second kappa shape index (κ2) is 2.83. The first-order valence-corrected chi connectivity index (χ1v) is 9.24. The molecule has 0 N–H and O–H groups in total. The molecule has 1 aliphatic rings. The minimum Gasteiger partial charge on any atom is -0.277 e. The molecule has 6 heteroatoms. The average molecular weight is 245 g/mol. The summed E-state index contributed by atoms with van der Waals surface area (Å²) in [6.45, 7) is 3.98. The highest BCUT2D eigenvalue weighted by atomic mass is 33.6. The van der Waals surface area contributed by atoms with Crippen molar-refractivity contribution in [1.82, 2.24) is 0 Å². The van der Waals surface area contributed by atoms with Gasteiger partial charge in [-0.05, 0) is 38.0 Å². The second-order valence-electron chi connectivity index (χ2n) is 3.08. The monoisotopic (exact) mass is 245 g/mol. The molecule has 2 unspecified atom stereocenters. The van der Waals surface area contributed by atoms with Gasteiger partial charge >= 0.3 is 0 Å². The lowest BCUT2D eigenvalue weighted by atomic mass is 10.4. The van der Waals surface area contributed by atoms with Crippen molar-refractivity contribution in [3.05, 3.63) is 0 Å². The largest absolute Gasteiger partial charge is 0.277 e. The van der Waals surface area contributed by atoms with E-state index in [1.807, 2.05) is 13.8 Å². The summed E-state index contributed by atoms with van der Waals surface area (Å²) in [4.78, 5) is 0. The Morgan fingerprint density at radius 2 is 2.00 bits per heavy atom. The Bertz CT molecular complexity index is 330. The summed E-state index contributed by atoms with van der Waals surface area (Å²) in [6, 6.07) is 0. The summed E-state index contributed by atoms with van der Waals surface area (Å²) in [7, 11) is -3.31. The molecular formula is C5H9OS5-. The number of hydrogen-bond acceptors (Lipinski definition) is 5. The molecule has 0 saturated heterocycles. The van der Waals surface area contributed by atoms with E-state index < -0.39 is 14.6 Å². The van der Waals surface area contributed by atoms with Crippen LogP contribution in [0.5, 0.6) is 0 Å². The van der Waals surface area contributed by atoms with Crippen molar-refractivity contribution in [2.45, 2.75) is 25.0 Å². The summed E-state index contributed by atoms with van der Waals surface area (Å²) >= 11 is 14.6. The van der Waals surface area contributed by atoms with Crippen molar-refractivity contribution in [2.24, 2.45) is 5.92 Å². The normalized spacial score (nSPS) is 41.9. The van der Waals surface area contributed by atoms with Gasteiger partial charge in [0.1, 0.15) is 0 Å². The van der Waals surface area contributed by atoms with Gasteiger partial charge in [-0.3, -0.25) is 11.3 Å². The van der Waals surface area contributed by atoms with Gasteiger partial charge < -0.3 is 0 Å². The summed E-state index contributed by atoms with van der Waals surface area (Å²) in [5.41, 5.74) is 0. The van der Waals surface area contributed by atoms with Crippen LogP contribution in [-0.4, -0.2) is 8.96 Å². The van der Waals surface area contributed by atoms with Crippen LogP contribution in [0.1, 0.15) is 20.3 Å². The Labute approximate surface area is 82.9 Å². The van der Waals surface area contributed by atoms with Gasteiger partial charge in [-0.1, -0.05) is 6.92 Å². The highest BCUT2D eigenvalue weighted by Gasteiger charge is 2.51. The Morgan fingerprint density at radius 3 is 2.09 bits per heavy atom. The van der Waals surface area contributed by atoms with Crippen molar-refractivity contribution in [3.8, 4) is 0 Å². The van der Waals surface area contributed by atoms with E-state index in [0.29, 0.717) is 5.92 Å². The zero-order valence-corrected chi connectivity index (χ0v) is 10.3. The molecule has 0 aromatic rings. The van der Waals surface area contributed by atoms with Crippen LogP contribution in [0, 0.1) is 5.92 Å². The molecule has 1 fully saturated rings. The topological polar surface area (TPSA) is 17.1 Å². The SMILES string of the molecule is CC1C[C@@]1(C)S(=O)(=S)[S-](=S)=S. The van der Waals surface area contributed by atoms with Crippen molar-refractivity contribution >= 4 is 48.1 Å². The molecule has 0 radical (unpaired) electrons. The standard InChI is InChI=1S/C5H9OS5/c1-4-3-5(4,2)11(6,9)10(7)8/h4H,3H2,1-2H3/q-1/t4?,5-,11?/m1/s1. The summed E-state index contributed by atoms with van der Waals surface area (Å²) in [6.07, 6.45) is 0.923. The zero-order chi connectivity index (χ0) is 8.86. The molecule has 0 spiro atoms. The van der Waals surface area contributed by atoms with Gasteiger partial charge in [-0.25, -0.2) is 22.4 Å². The average Bonchev–Trinajstić information content (AvgIpc) is 2.42. The van der Waals surface area contributed by atoms with E-state index in [9.17, 15) is 4.21 Å². The van der Waals surface area contributed by atoms with Crippen LogP contribution in [0.25, 0.3) is 0 Å². The molecule has 66 valence electrons. The minimum atomic E-state index is -2.36. The Balaban J connectivity index is 3.12. The third-order valence-electron chi connectivity index (χ3n) is 2.34. The molecule has 0 aliphatic heterocycles. The van der Waals surface area contributed by atoms with Crippen LogP contribution in [0.3, 0.4) is 0 Å². The Hall–Kier alpha value is 1.16. The quantitative estimate of drug-likeness (QED) is 0.533. The van der Waals surface area contributed by atoms with E-state index in [2.05, 4.69) is 0 Å². The first kappa shape index (κ1) is 10.2. The second-order valence-corrected chi connectivity index (χ2v) is 13.7. The molecule has 0 aromatic heterocycles. The van der Waals surface area contributed by atoms with E-state index in [4.69, 9.17) is 33.6 Å². The van der Waals surface area contributed by atoms with Gasteiger partial charge in [0.25, 0.3) is 0 Å². The highest BCUT2D eigenvalue weighted by Crippen LogP contribution is 2.50. The molecule has 1 aliphatic carbocycles. The lowest BCUT2D eigenvalue weighted by Crippen LogP contribution is -2.19. The lowest BCUT2D eigenvalue weighted by Gasteiger charge is -2.18. The van der Waals surface area contributed by atoms with Crippen LogP contribution < -0.4 is 0 Å². The van der Waals surface area contributed by atoms with E-state index in [1.54, 1.807) is 0 Å². The maximum Gasteiger partial charge on any atom is 0.0310 e. The molecule has 11 heavy (non-hydrogen) atoms. The van der Waals surface area contributed by atoms with Crippen LogP contribution in [-0.2, 0) is 48.1 Å². The van der Waals surface area contributed by atoms with E-state index in [1.165, 1.54) is 0 Å². The maximum atomic E-state index is 11.8. The zero-order valence-electron chi connectivity index (χ0n) is 6.23. The van der Waals surface area contributed by atoms with Crippen LogP contribution in [0.2, 0.25) is 0 Å². The van der Waals surface area contributed by atoms with E-state index in [0.717, 1.165) is 6.42 Å². The predicted octanol–water partition coefficient (Wildman–Crippen LogP) is 0.988. The summed E-state index contributed by atoms with van der Waals surface area (Å²) in [5, 5.41) is 0. The van der Waals surface area contributed by atoms with E-state index >= 15 is 0 Å². The van der Waals surface area contributed by atoms with Crippen LogP contribution >= 0.6 is 0 Å². The molecule has 0 bridgehead atoms. The number of rotatable bonds is 2. The molecular weight excluding hydrogens is 236 g/mol. The fourth-order valence-corrected chi connectivity index (χ4v) is 7.44. The van der Waals surface area contributed by atoms with Gasteiger partial charge in [-0.15, -0.1) is 0 Å². The summed E-state index contributed by atoms with van der Waals surface area (Å²) < 4.78 is 11.6. The molecule has 1 rings (SSSR count). The van der Waals surface area contributed by atoms with Crippen LogP contribution in [0.15, 0.2) is 0 Å². The molecule has 1 nitrogen and oxygen atoms in total. The molecule has 0 heterocycles. The molecule has 3 atom stereocenters. The molecule has 1 saturated carbocycles. The third kappa shape index (κ3) is 1.48. The van der Waals surface area contributed by atoms with Gasteiger partial charge in [0.05, 0.1) is 0 Å². The highest BCUT2D eigenvalue weighted by molar-refractivity contribution is 8.96. The Morgan fingerprint density at radius 1 is 1.64 bits per heavy atom. The van der Waals surface area contributed by atoms with E-state index in [-0.39, 0.29) is 4.75 Å². The smallest absolute Gasteiger partial charge is 0.0310 e. The fraction of sp³-hybridized carbons (Fsp3) is 1.00. The first-order chi connectivity index (χ1) is 4.82. The maximum absolute atomic E-state index is 11.8. The first-order valence-electron chi connectivity index (χ1n) is 3.17. The lowest BCUT2D eigenvalue weighted by molar-refractivity contribution is 0.676. The molecule has 0 aromatic carbocycles. The van der Waals surface area contributed by atoms with Gasteiger partial charge in [0, 0.05) is 4.75 Å². The van der Waals surface area contributed by atoms with Gasteiger partial charge in [0.2, 0.25) is 0 Å². The van der Waals surface area contributed by atoms with Gasteiger partial charge in [0.15, 0.2) is 0 Å². The van der Waals surface area contributed by atoms with Crippen molar-refractivity contribution in [3.63, 3.8) is 0 Å². The van der Waals surface area contributed by atoms with Crippen LogP contribution in [0.4, 0.5) is 0 Å². The predicted molar refractivity (Wildman–Crippen MR) is 59.8 cm³/mol. The third-order valence-corrected chi connectivity index (χ3v) is 14.0. The fourth-order valence-electron chi connectivity index (χ4n) is 1.05. The van der Waals surface area contributed by atoms with Crippen molar-refractivity contribution in [1.29, 1.82) is 0 Å². The Kier molecular flexibility index (Phi) is 2.64. The van der Waals surface area contributed by atoms with Crippen molar-refractivity contribution in [2.75, 3.05) is 0 Å². The number of hydrogen-bond donors (Lipinski definition) is 0. The minimum absolute atomic E-state index is 0.227. The van der Waals surface area contributed by atoms with Crippen molar-refractivity contribution < 1.29 is 4.21 Å². The molecule has 0 amide bonds.